The van der Waals surface area contributed by atoms with Crippen molar-refractivity contribution in [3.8, 4) is 0 Å². The van der Waals surface area contributed by atoms with E-state index in [0.29, 0.717) is 11.1 Å². The second-order valence-electron chi connectivity index (χ2n) is 7.85. The van der Waals surface area contributed by atoms with Crippen LogP contribution in [-0.4, -0.2) is 10.9 Å². The van der Waals surface area contributed by atoms with E-state index >= 15 is 0 Å². The Morgan fingerprint density at radius 2 is 0.938 bits per heavy atom. The number of carbonyl (C=O) groups excluding carboxylic acids is 1. The van der Waals surface area contributed by atoms with Gasteiger partial charge in [-0.2, -0.15) is 0 Å². The molecule has 154 valence electrons. The smallest absolute Gasteiger partial charge is 0.187 e. The second kappa shape index (κ2) is 8.26. The van der Waals surface area contributed by atoms with Crippen LogP contribution >= 0.6 is 0 Å². The third-order valence-electron chi connectivity index (χ3n) is 5.94. The van der Waals surface area contributed by atoms with Crippen LogP contribution in [0.15, 0.2) is 139 Å². The minimum Gasteiger partial charge on any atom is -0.376 e. The molecule has 2 heteroatoms. The SMILES string of the molecule is O=C1C=C(C(O)(c2ccccc2)c2ccccc2)C1=C(c1ccccc1)c1ccccc1. The molecule has 32 heavy (non-hydrogen) atoms. The van der Waals surface area contributed by atoms with Gasteiger partial charge < -0.3 is 5.11 Å². The summed E-state index contributed by atoms with van der Waals surface area (Å²) in [7, 11) is 0. The van der Waals surface area contributed by atoms with Crippen LogP contribution in [0.3, 0.4) is 0 Å². The molecular weight excluding hydrogens is 392 g/mol. The molecule has 4 aromatic rings. The van der Waals surface area contributed by atoms with Gasteiger partial charge >= 0.3 is 0 Å². The molecule has 4 aromatic carbocycles. The van der Waals surface area contributed by atoms with E-state index in [0.717, 1.165) is 27.8 Å². The van der Waals surface area contributed by atoms with Gasteiger partial charge in [0.15, 0.2) is 5.78 Å². The zero-order chi connectivity index (χ0) is 22.0. The number of carbonyl (C=O) groups is 1. The molecule has 1 aliphatic rings. The number of ketones is 1. The summed E-state index contributed by atoms with van der Waals surface area (Å²) in [6.07, 6.45) is 1.57. The first-order valence-corrected chi connectivity index (χ1v) is 10.6. The quantitative estimate of drug-likeness (QED) is 0.411. The zero-order valence-electron chi connectivity index (χ0n) is 17.5. The lowest BCUT2D eigenvalue weighted by Gasteiger charge is -2.37. The third-order valence-corrected chi connectivity index (χ3v) is 5.94. The average Bonchev–Trinajstić information content (AvgIpc) is 2.87. The number of rotatable bonds is 5. The van der Waals surface area contributed by atoms with E-state index in [9.17, 15) is 9.90 Å². The highest BCUT2D eigenvalue weighted by Gasteiger charge is 2.44. The van der Waals surface area contributed by atoms with Gasteiger partial charge in [-0.15, -0.1) is 0 Å². The van der Waals surface area contributed by atoms with Crippen LogP contribution in [-0.2, 0) is 10.4 Å². The molecule has 1 N–H and O–H groups in total. The third kappa shape index (κ3) is 3.31. The Balaban J connectivity index is 1.79. The minimum absolute atomic E-state index is 0.0759. The molecule has 0 saturated carbocycles. The van der Waals surface area contributed by atoms with E-state index in [-0.39, 0.29) is 5.78 Å². The summed E-state index contributed by atoms with van der Waals surface area (Å²) >= 11 is 0. The van der Waals surface area contributed by atoms with Gasteiger partial charge in [-0.25, -0.2) is 0 Å². The lowest BCUT2D eigenvalue weighted by atomic mass is 9.68. The highest BCUT2D eigenvalue weighted by molar-refractivity contribution is 6.22. The Labute approximate surface area is 187 Å². The fourth-order valence-electron chi connectivity index (χ4n) is 4.37. The van der Waals surface area contributed by atoms with Gasteiger partial charge in [0.05, 0.1) is 0 Å². The van der Waals surface area contributed by atoms with Crippen LogP contribution in [0.1, 0.15) is 22.3 Å². The fourth-order valence-corrected chi connectivity index (χ4v) is 4.37. The maximum atomic E-state index is 13.1. The average molecular weight is 415 g/mol. The van der Waals surface area contributed by atoms with Crippen molar-refractivity contribution in [1.29, 1.82) is 0 Å². The summed E-state index contributed by atoms with van der Waals surface area (Å²) < 4.78 is 0. The molecule has 0 heterocycles. The van der Waals surface area contributed by atoms with Crippen LogP contribution in [0.25, 0.3) is 5.57 Å². The first-order valence-electron chi connectivity index (χ1n) is 10.6. The Bertz CT molecular complexity index is 1220. The van der Waals surface area contributed by atoms with Gasteiger partial charge in [0, 0.05) is 16.7 Å². The monoisotopic (exact) mass is 414 g/mol. The molecule has 1 aliphatic carbocycles. The Morgan fingerprint density at radius 1 is 0.562 bits per heavy atom. The molecule has 0 fully saturated rings. The number of aliphatic hydroxyl groups is 1. The van der Waals surface area contributed by atoms with E-state index in [2.05, 4.69) is 0 Å². The van der Waals surface area contributed by atoms with Gasteiger partial charge in [-0.1, -0.05) is 121 Å². The first kappa shape index (κ1) is 19.9. The summed E-state index contributed by atoms with van der Waals surface area (Å²) in [5.41, 5.74) is 3.89. The summed E-state index contributed by atoms with van der Waals surface area (Å²) in [6, 6.07) is 38.9. The molecule has 0 aliphatic heterocycles. The molecular formula is C30H22O2. The van der Waals surface area contributed by atoms with Crippen molar-refractivity contribution in [2.75, 3.05) is 0 Å². The highest BCUT2D eigenvalue weighted by atomic mass is 16.3. The van der Waals surface area contributed by atoms with E-state index in [1.165, 1.54) is 0 Å². The number of hydrogen-bond acceptors (Lipinski definition) is 2. The summed E-state index contributed by atoms with van der Waals surface area (Å²) in [5, 5.41) is 12.2. The molecule has 5 rings (SSSR count). The van der Waals surface area contributed by atoms with Crippen LogP contribution in [0.2, 0.25) is 0 Å². The minimum atomic E-state index is -1.44. The summed E-state index contributed by atoms with van der Waals surface area (Å²) in [4.78, 5) is 13.1. The Kier molecular flexibility index (Phi) is 5.14. The molecule has 0 saturated heterocycles. The highest BCUT2D eigenvalue weighted by Crippen LogP contribution is 2.47. The predicted molar refractivity (Wildman–Crippen MR) is 128 cm³/mol. The van der Waals surface area contributed by atoms with E-state index in [1.807, 2.05) is 121 Å². The number of hydrogen-bond donors (Lipinski definition) is 1. The summed E-state index contributed by atoms with van der Waals surface area (Å²) in [5.74, 6) is -0.0759. The molecule has 0 radical (unpaired) electrons. The summed E-state index contributed by atoms with van der Waals surface area (Å²) in [6.45, 7) is 0. The second-order valence-corrected chi connectivity index (χ2v) is 7.85. The van der Waals surface area contributed by atoms with Crippen LogP contribution < -0.4 is 0 Å². The molecule has 0 bridgehead atoms. The van der Waals surface area contributed by atoms with Gasteiger partial charge in [-0.05, 0) is 28.3 Å². The van der Waals surface area contributed by atoms with Crippen molar-refractivity contribution in [1.82, 2.24) is 0 Å². The van der Waals surface area contributed by atoms with Gasteiger partial charge in [-0.3, -0.25) is 4.79 Å². The lowest BCUT2D eigenvalue weighted by Crippen LogP contribution is -2.37. The lowest BCUT2D eigenvalue weighted by molar-refractivity contribution is -0.112. The number of benzene rings is 4. The van der Waals surface area contributed by atoms with E-state index in [4.69, 9.17) is 0 Å². The molecule has 0 unspecified atom stereocenters. The largest absolute Gasteiger partial charge is 0.376 e. The van der Waals surface area contributed by atoms with E-state index < -0.39 is 5.60 Å². The van der Waals surface area contributed by atoms with Crippen molar-refractivity contribution in [2.24, 2.45) is 0 Å². The van der Waals surface area contributed by atoms with Gasteiger partial charge in [0.2, 0.25) is 0 Å². The fraction of sp³-hybridized carbons (Fsp3) is 0.0333. The van der Waals surface area contributed by atoms with Crippen molar-refractivity contribution >= 4 is 11.4 Å². The molecule has 0 spiro atoms. The normalized spacial score (nSPS) is 13.3. The van der Waals surface area contributed by atoms with E-state index in [1.54, 1.807) is 6.08 Å². The predicted octanol–water partition coefficient (Wildman–Crippen LogP) is 5.93. The van der Waals surface area contributed by atoms with Crippen LogP contribution in [0, 0.1) is 0 Å². The van der Waals surface area contributed by atoms with Crippen molar-refractivity contribution in [3.63, 3.8) is 0 Å². The standard InChI is InChI=1S/C30H22O2/c31-27-21-26(30(32,24-17-9-3-10-18-24)25-19-11-4-12-20-25)29(27)28(22-13-5-1-6-14-22)23-15-7-2-8-16-23/h1-21,32H. The van der Waals surface area contributed by atoms with Crippen molar-refractivity contribution < 1.29 is 9.90 Å². The van der Waals surface area contributed by atoms with Crippen molar-refractivity contribution in [2.45, 2.75) is 5.60 Å². The zero-order valence-corrected chi connectivity index (χ0v) is 17.5. The topological polar surface area (TPSA) is 37.3 Å². The van der Waals surface area contributed by atoms with Gasteiger partial charge in [0.25, 0.3) is 0 Å². The number of allylic oxidation sites excluding steroid dienone is 1. The molecule has 0 amide bonds. The maximum Gasteiger partial charge on any atom is 0.187 e. The van der Waals surface area contributed by atoms with Crippen molar-refractivity contribution in [3.05, 3.63) is 161 Å². The van der Waals surface area contributed by atoms with Gasteiger partial charge in [0.1, 0.15) is 5.60 Å². The molecule has 0 atom stereocenters. The Hall–Kier alpha value is -4.01. The first-order chi connectivity index (χ1) is 15.7. The molecule has 2 nitrogen and oxygen atoms in total. The Morgan fingerprint density at radius 3 is 1.31 bits per heavy atom. The van der Waals surface area contributed by atoms with Crippen LogP contribution in [0.4, 0.5) is 0 Å². The van der Waals surface area contributed by atoms with Crippen LogP contribution in [0.5, 0.6) is 0 Å². The molecule has 0 aromatic heterocycles. The maximum absolute atomic E-state index is 13.1.